The van der Waals surface area contributed by atoms with Crippen LogP contribution in [0.2, 0.25) is 0 Å². The Morgan fingerprint density at radius 1 is 1.16 bits per heavy atom. The van der Waals surface area contributed by atoms with Crippen molar-refractivity contribution >= 4 is 30.0 Å². The van der Waals surface area contributed by atoms with Gasteiger partial charge in [-0.3, -0.25) is 0 Å². The number of rotatable bonds is 2. The molecule has 0 heterocycles. The Kier molecular flexibility index (Phi) is 9.27. The number of allylic oxidation sites excluding steroid dienone is 2. The van der Waals surface area contributed by atoms with E-state index in [-0.39, 0.29) is 11.4 Å². The zero-order valence-corrected chi connectivity index (χ0v) is 13.7. The summed E-state index contributed by atoms with van der Waals surface area (Å²) >= 11 is -0.556. The van der Waals surface area contributed by atoms with Crippen molar-refractivity contribution in [1.82, 2.24) is 0 Å². The third-order valence-corrected chi connectivity index (χ3v) is 2.30. The van der Waals surface area contributed by atoms with Gasteiger partial charge >= 0.3 is 35.6 Å². The molecule has 1 aromatic carbocycles. The average molecular weight is 344 g/mol. The van der Waals surface area contributed by atoms with Crippen LogP contribution in [0.1, 0.15) is 20.8 Å². The molecule has 0 amide bonds. The summed E-state index contributed by atoms with van der Waals surface area (Å²) in [4.78, 5) is 3.83. The molecule has 0 aliphatic rings. The molecule has 19 heavy (non-hydrogen) atoms. The van der Waals surface area contributed by atoms with Crippen molar-refractivity contribution in [3.8, 4) is 0 Å². The number of nitrogens with zero attached hydrogens (tertiary/aromatic N) is 1. The van der Waals surface area contributed by atoms with E-state index in [2.05, 4.69) is 4.99 Å². The van der Waals surface area contributed by atoms with Crippen LogP contribution in [0.4, 0.5) is 14.5 Å². The molecule has 1 aromatic rings. The standard InChI is InChI=1S/C12H13F2NO.2ClH.Ti/c1-7(9(3)16)8(2)15-12-10(13)5-4-6-11(12)14;;;/h4-6,16H,1-3H3;2*1H;/q;;;+2/p-2/b9-7-,15-8?;;;. The Labute approximate surface area is 127 Å². The van der Waals surface area contributed by atoms with E-state index in [9.17, 15) is 13.9 Å². The van der Waals surface area contributed by atoms with Gasteiger partial charge in [-0.1, -0.05) is 6.07 Å². The van der Waals surface area contributed by atoms with E-state index >= 15 is 0 Å². The summed E-state index contributed by atoms with van der Waals surface area (Å²) < 4.78 is 26.5. The molecule has 2 nitrogen and oxygen atoms in total. The fourth-order valence-corrected chi connectivity index (χ4v) is 1.11. The van der Waals surface area contributed by atoms with E-state index in [0.29, 0.717) is 11.3 Å². The maximum atomic E-state index is 13.2. The van der Waals surface area contributed by atoms with Crippen LogP contribution in [0, 0.1) is 11.6 Å². The first-order valence-electron chi connectivity index (χ1n) is 5.17. The number of hydrogen-bond acceptors (Lipinski definition) is 2. The van der Waals surface area contributed by atoms with Gasteiger partial charge in [-0.2, -0.15) is 0 Å². The van der Waals surface area contributed by atoms with E-state index in [1.165, 1.54) is 13.0 Å². The second-order valence-corrected chi connectivity index (χ2v) is 6.13. The van der Waals surface area contributed by atoms with Crippen LogP contribution in [-0.4, -0.2) is 10.8 Å². The van der Waals surface area contributed by atoms with Gasteiger partial charge in [0.05, 0.1) is 5.76 Å². The molecule has 0 aromatic heterocycles. The van der Waals surface area contributed by atoms with Gasteiger partial charge in [0, 0.05) is 11.3 Å². The Morgan fingerprint density at radius 2 is 1.58 bits per heavy atom. The molecule has 0 fully saturated rings. The number of benzene rings is 1. The van der Waals surface area contributed by atoms with Crippen molar-refractivity contribution in [3.05, 3.63) is 41.2 Å². The Hall–Kier alpha value is -0.416. The molecule has 0 radical (unpaired) electrons. The third-order valence-electron chi connectivity index (χ3n) is 2.30. The molecule has 0 aliphatic carbocycles. The number of halogens is 4. The third kappa shape index (κ3) is 6.52. The van der Waals surface area contributed by atoms with Gasteiger partial charge in [-0.15, -0.1) is 0 Å². The second kappa shape index (κ2) is 9.48. The van der Waals surface area contributed by atoms with Gasteiger partial charge in [-0.05, 0) is 32.9 Å². The van der Waals surface area contributed by atoms with Gasteiger partial charge in [0.15, 0.2) is 11.6 Å². The molecule has 1 N–H and O–H groups in total. The Morgan fingerprint density at radius 3 is 1.95 bits per heavy atom. The molecule has 7 heteroatoms. The molecular formula is C12H13Cl2F2NOTi. The molecule has 0 unspecified atom stereocenters. The predicted octanol–water partition coefficient (Wildman–Crippen LogP) is 5.29. The van der Waals surface area contributed by atoms with E-state index in [0.717, 1.165) is 12.1 Å². The number of hydrogen-bond donors (Lipinski definition) is 1. The molecule has 0 spiro atoms. The van der Waals surface area contributed by atoms with Crippen molar-refractivity contribution in [2.75, 3.05) is 0 Å². The van der Waals surface area contributed by atoms with Gasteiger partial charge in [0.2, 0.25) is 0 Å². The number of aliphatic hydroxyl groups is 1. The van der Waals surface area contributed by atoms with E-state index in [1.807, 2.05) is 0 Å². The number of aliphatic hydroxyl groups excluding tert-OH is 1. The van der Waals surface area contributed by atoms with Crippen LogP contribution in [0.15, 0.2) is 34.5 Å². The monoisotopic (exact) mass is 343 g/mol. The van der Waals surface area contributed by atoms with Crippen molar-refractivity contribution in [3.63, 3.8) is 0 Å². The maximum absolute atomic E-state index is 13.2. The van der Waals surface area contributed by atoms with Crippen LogP contribution in [0.25, 0.3) is 0 Å². The Balaban J connectivity index is 0.000000982. The average Bonchev–Trinajstić information content (AvgIpc) is 2.33. The normalized spacial score (nSPS) is 12.3. The first kappa shape index (κ1) is 18.6. The van der Waals surface area contributed by atoms with Gasteiger partial charge < -0.3 is 5.11 Å². The second-order valence-electron chi connectivity index (χ2n) is 3.55. The molecule has 0 saturated carbocycles. The molecule has 1 rings (SSSR count). The minimum atomic E-state index is -0.720. The zero-order chi connectivity index (χ0) is 15.0. The number of para-hydroxylation sites is 1. The fraction of sp³-hybridized carbons (Fsp3) is 0.250. The fourth-order valence-electron chi connectivity index (χ4n) is 1.11. The Bertz CT molecular complexity index is 468. The molecule has 104 valence electrons. The summed E-state index contributed by atoms with van der Waals surface area (Å²) in [7, 11) is 9.78. The van der Waals surface area contributed by atoms with Crippen LogP contribution in [-0.2, 0) is 17.0 Å². The zero-order valence-electron chi connectivity index (χ0n) is 10.6. The quantitative estimate of drug-likeness (QED) is 0.442. The van der Waals surface area contributed by atoms with Crippen molar-refractivity contribution in [1.29, 1.82) is 0 Å². The summed E-state index contributed by atoms with van der Waals surface area (Å²) in [5.41, 5.74) is 0.548. The summed E-state index contributed by atoms with van der Waals surface area (Å²) in [6.45, 7) is 4.71. The van der Waals surface area contributed by atoms with Crippen LogP contribution >= 0.6 is 18.6 Å². The molecule has 0 bridgehead atoms. The van der Waals surface area contributed by atoms with Crippen molar-refractivity contribution < 1.29 is 30.9 Å². The van der Waals surface area contributed by atoms with E-state index in [1.54, 1.807) is 13.8 Å². The van der Waals surface area contributed by atoms with Crippen molar-refractivity contribution in [2.45, 2.75) is 20.8 Å². The van der Waals surface area contributed by atoms with Crippen LogP contribution in [0.5, 0.6) is 0 Å². The summed E-state index contributed by atoms with van der Waals surface area (Å²) in [6, 6.07) is 3.55. The van der Waals surface area contributed by atoms with Crippen molar-refractivity contribution in [2.24, 2.45) is 4.99 Å². The van der Waals surface area contributed by atoms with Gasteiger partial charge in [0.1, 0.15) is 5.69 Å². The molecular weight excluding hydrogens is 331 g/mol. The number of aliphatic imine (C=N–C) groups is 1. The van der Waals surface area contributed by atoms with E-state index < -0.39 is 28.7 Å². The van der Waals surface area contributed by atoms with Crippen LogP contribution in [0.3, 0.4) is 0 Å². The van der Waals surface area contributed by atoms with Gasteiger partial charge in [-0.25, -0.2) is 13.8 Å². The molecule has 0 saturated heterocycles. The van der Waals surface area contributed by atoms with Gasteiger partial charge in [0.25, 0.3) is 0 Å². The first-order chi connectivity index (χ1) is 8.84. The minimum absolute atomic E-state index is 0.0815. The predicted molar refractivity (Wildman–Crippen MR) is 71.8 cm³/mol. The molecule has 0 aliphatic heterocycles. The van der Waals surface area contributed by atoms with E-state index in [4.69, 9.17) is 18.6 Å². The van der Waals surface area contributed by atoms with Crippen LogP contribution < -0.4 is 0 Å². The SMILES string of the molecule is CC(=Nc1c(F)cccc1F)/C(C)=C(/C)O.[Cl][Ti][Cl]. The summed E-state index contributed by atoms with van der Waals surface area (Å²) in [6.07, 6.45) is 0. The first-order valence-corrected chi connectivity index (χ1v) is 9.47. The summed E-state index contributed by atoms with van der Waals surface area (Å²) in [5, 5.41) is 9.22. The molecule has 0 atom stereocenters. The topological polar surface area (TPSA) is 32.6 Å². The summed E-state index contributed by atoms with van der Waals surface area (Å²) in [5.74, 6) is -1.36.